The summed E-state index contributed by atoms with van der Waals surface area (Å²) in [4.78, 5) is 0. The molecule has 0 saturated carbocycles. The van der Waals surface area contributed by atoms with Gasteiger partial charge in [-0.2, -0.15) is 0 Å². The van der Waals surface area contributed by atoms with Crippen LogP contribution in [0.5, 0.6) is 0 Å². The van der Waals surface area contributed by atoms with Gasteiger partial charge in [-0.15, -0.1) is 0 Å². The zero-order valence-corrected chi connectivity index (χ0v) is 11.4. The van der Waals surface area contributed by atoms with Crippen LogP contribution in [0.1, 0.15) is 52.6 Å². The molecule has 0 aromatic carbocycles. The van der Waals surface area contributed by atoms with Crippen molar-refractivity contribution in [2.75, 3.05) is 6.54 Å². The molecule has 1 heterocycles. The van der Waals surface area contributed by atoms with Crippen molar-refractivity contribution < 1.29 is 0 Å². The highest BCUT2D eigenvalue weighted by atomic mass is 15.0. The Labute approximate surface area is 100 Å². The summed E-state index contributed by atoms with van der Waals surface area (Å²) in [6.45, 7) is 13.4. The van der Waals surface area contributed by atoms with Crippen molar-refractivity contribution in [1.82, 2.24) is 9.88 Å². The molecule has 1 aromatic rings. The van der Waals surface area contributed by atoms with E-state index in [0.29, 0.717) is 11.5 Å². The van der Waals surface area contributed by atoms with Crippen LogP contribution >= 0.6 is 0 Å². The van der Waals surface area contributed by atoms with Crippen LogP contribution in [0.2, 0.25) is 0 Å². The fourth-order valence-corrected chi connectivity index (χ4v) is 1.74. The smallest absolute Gasteiger partial charge is 0.0306 e. The van der Waals surface area contributed by atoms with Crippen molar-refractivity contribution in [1.29, 1.82) is 0 Å². The van der Waals surface area contributed by atoms with E-state index in [1.165, 1.54) is 12.0 Å². The van der Waals surface area contributed by atoms with Crippen LogP contribution in [0.3, 0.4) is 0 Å². The Bertz CT molecular complexity index is 307. The van der Waals surface area contributed by atoms with Gasteiger partial charge in [0.25, 0.3) is 0 Å². The van der Waals surface area contributed by atoms with Gasteiger partial charge in [0.1, 0.15) is 0 Å². The molecular formula is C14H26N2. The lowest BCUT2D eigenvalue weighted by atomic mass is 9.92. The molecule has 0 radical (unpaired) electrons. The van der Waals surface area contributed by atoms with Crippen molar-refractivity contribution in [3.8, 4) is 0 Å². The number of aryl methyl sites for hydroxylation is 1. The summed E-state index contributed by atoms with van der Waals surface area (Å²) in [6, 6.07) is 2.68. The van der Waals surface area contributed by atoms with Gasteiger partial charge in [-0.1, -0.05) is 27.7 Å². The van der Waals surface area contributed by atoms with E-state index in [9.17, 15) is 0 Å². The van der Waals surface area contributed by atoms with Gasteiger partial charge in [0.2, 0.25) is 0 Å². The van der Waals surface area contributed by atoms with Crippen molar-refractivity contribution in [2.45, 2.75) is 53.6 Å². The summed E-state index contributed by atoms with van der Waals surface area (Å²) in [7, 11) is 0. The van der Waals surface area contributed by atoms with Crippen LogP contribution in [0.15, 0.2) is 18.5 Å². The molecule has 0 aliphatic carbocycles. The van der Waals surface area contributed by atoms with E-state index < -0.39 is 0 Å². The summed E-state index contributed by atoms with van der Waals surface area (Å²) >= 11 is 0. The molecule has 1 rings (SSSR count). The molecule has 0 bridgehead atoms. The first-order valence-corrected chi connectivity index (χ1v) is 6.31. The highest BCUT2D eigenvalue weighted by Crippen LogP contribution is 2.20. The van der Waals surface area contributed by atoms with E-state index in [4.69, 9.17) is 0 Å². The molecule has 1 atom stereocenters. The molecule has 0 fully saturated rings. The predicted octanol–water partition coefficient (Wildman–Crippen LogP) is 3.59. The molecule has 0 aliphatic rings. The molecule has 0 saturated heterocycles. The van der Waals surface area contributed by atoms with E-state index >= 15 is 0 Å². The normalized spacial score (nSPS) is 14.1. The Balaban J connectivity index is 2.51. The average molecular weight is 222 g/mol. The minimum atomic E-state index is 0.414. The van der Waals surface area contributed by atoms with Crippen LogP contribution in [-0.4, -0.2) is 11.1 Å². The first kappa shape index (κ1) is 13.3. The van der Waals surface area contributed by atoms with E-state index in [1.807, 2.05) is 0 Å². The largest absolute Gasteiger partial charge is 0.354 e. The highest BCUT2D eigenvalue weighted by Gasteiger charge is 2.10. The van der Waals surface area contributed by atoms with Crippen LogP contribution in [0.25, 0.3) is 0 Å². The van der Waals surface area contributed by atoms with Crippen LogP contribution in [0.4, 0.5) is 0 Å². The van der Waals surface area contributed by atoms with Gasteiger partial charge >= 0.3 is 0 Å². The lowest BCUT2D eigenvalue weighted by molar-refractivity contribution is 0.350. The number of nitrogens with zero attached hydrogens (tertiary/aromatic N) is 1. The summed E-state index contributed by atoms with van der Waals surface area (Å²) in [5, 5.41) is 3.43. The van der Waals surface area contributed by atoms with E-state index in [0.717, 1.165) is 13.1 Å². The molecule has 2 heteroatoms. The lowest BCUT2D eigenvalue weighted by Crippen LogP contribution is -2.17. The number of hydrogen-bond donors (Lipinski definition) is 1. The van der Waals surface area contributed by atoms with Crippen molar-refractivity contribution in [3.63, 3.8) is 0 Å². The topological polar surface area (TPSA) is 17.0 Å². The first-order valence-electron chi connectivity index (χ1n) is 6.31. The lowest BCUT2D eigenvalue weighted by Gasteiger charge is -2.18. The standard InChI is InChI=1S/C14H26N2/c1-6-15-12(2)13-7-9-16(11-13)10-8-14(3,4)5/h7,9,11-12,15H,6,8,10H2,1-5H3. The van der Waals surface area contributed by atoms with Crippen LogP contribution in [0, 0.1) is 5.41 Å². The summed E-state index contributed by atoms with van der Waals surface area (Å²) in [5.41, 5.74) is 1.80. The van der Waals surface area contributed by atoms with Crippen LogP contribution in [-0.2, 0) is 6.54 Å². The van der Waals surface area contributed by atoms with Gasteiger partial charge in [-0.25, -0.2) is 0 Å². The number of hydrogen-bond acceptors (Lipinski definition) is 1. The molecule has 92 valence electrons. The average Bonchev–Trinajstić information content (AvgIpc) is 2.62. The Morgan fingerprint density at radius 2 is 2.06 bits per heavy atom. The van der Waals surface area contributed by atoms with Gasteiger partial charge in [-0.3, -0.25) is 0 Å². The minimum Gasteiger partial charge on any atom is -0.354 e. The molecule has 0 aliphatic heterocycles. The summed E-state index contributed by atoms with van der Waals surface area (Å²) in [6.07, 6.45) is 5.67. The third-order valence-electron chi connectivity index (χ3n) is 2.90. The quantitative estimate of drug-likeness (QED) is 0.805. The second kappa shape index (κ2) is 5.53. The molecule has 1 N–H and O–H groups in total. The Kier molecular flexibility index (Phi) is 4.60. The Hall–Kier alpha value is -0.760. The Morgan fingerprint density at radius 3 is 2.62 bits per heavy atom. The molecule has 16 heavy (non-hydrogen) atoms. The van der Waals surface area contributed by atoms with Gasteiger partial charge in [0.05, 0.1) is 0 Å². The molecule has 0 amide bonds. The monoisotopic (exact) mass is 222 g/mol. The number of nitrogens with one attached hydrogen (secondary N) is 1. The zero-order valence-electron chi connectivity index (χ0n) is 11.4. The zero-order chi connectivity index (χ0) is 12.2. The maximum Gasteiger partial charge on any atom is 0.0306 e. The maximum absolute atomic E-state index is 3.43. The maximum atomic E-state index is 3.43. The second-order valence-electron chi connectivity index (χ2n) is 5.77. The Morgan fingerprint density at radius 1 is 1.38 bits per heavy atom. The second-order valence-corrected chi connectivity index (χ2v) is 5.77. The summed E-state index contributed by atoms with van der Waals surface area (Å²) in [5.74, 6) is 0. The third-order valence-corrected chi connectivity index (χ3v) is 2.90. The fourth-order valence-electron chi connectivity index (χ4n) is 1.74. The van der Waals surface area contributed by atoms with Gasteiger partial charge in [-0.05, 0) is 36.9 Å². The van der Waals surface area contributed by atoms with Crippen molar-refractivity contribution in [2.24, 2.45) is 5.41 Å². The first-order chi connectivity index (χ1) is 7.42. The van der Waals surface area contributed by atoms with E-state index in [1.54, 1.807) is 0 Å². The number of rotatable bonds is 5. The number of aromatic nitrogens is 1. The van der Waals surface area contributed by atoms with Gasteiger partial charge < -0.3 is 9.88 Å². The van der Waals surface area contributed by atoms with Crippen molar-refractivity contribution in [3.05, 3.63) is 24.0 Å². The fraction of sp³-hybridized carbons (Fsp3) is 0.714. The van der Waals surface area contributed by atoms with Crippen LogP contribution < -0.4 is 5.32 Å². The molecule has 1 unspecified atom stereocenters. The SMILES string of the molecule is CCNC(C)c1ccn(CCC(C)(C)C)c1. The van der Waals surface area contributed by atoms with Gasteiger partial charge in [0, 0.05) is 25.0 Å². The molecule has 0 spiro atoms. The van der Waals surface area contributed by atoms with E-state index in [-0.39, 0.29) is 0 Å². The van der Waals surface area contributed by atoms with E-state index in [2.05, 4.69) is 63.0 Å². The third kappa shape index (κ3) is 4.40. The molecule has 1 aromatic heterocycles. The summed E-state index contributed by atoms with van der Waals surface area (Å²) < 4.78 is 2.30. The predicted molar refractivity (Wildman–Crippen MR) is 70.6 cm³/mol. The van der Waals surface area contributed by atoms with Crippen molar-refractivity contribution >= 4 is 0 Å². The molecule has 2 nitrogen and oxygen atoms in total. The molecular weight excluding hydrogens is 196 g/mol. The highest BCUT2D eigenvalue weighted by molar-refractivity contribution is 5.14. The minimum absolute atomic E-state index is 0.414. The van der Waals surface area contributed by atoms with Gasteiger partial charge in [0.15, 0.2) is 0 Å².